The first-order valence-corrected chi connectivity index (χ1v) is 6.13. The van der Waals surface area contributed by atoms with Crippen LogP contribution < -0.4 is 0 Å². The van der Waals surface area contributed by atoms with Crippen molar-refractivity contribution in [3.05, 3.63) is 47.5 Å². The van der Waals surface area contributed by atoms with Crippen molar-refractivity contribution < 1.29 is 14.7 Å². The standard InChI is InChI=1S/C15H13NO3/c1-9(15(18)19)16-8-12-6-10-4-2-3-5-11(10)7-13(12)14(16)17/h2-7,9H,8H2,1H3,(H,18,19). The average Bonchev–Trinajstić information content (AvgIpc) is 2.72. The molecule has 1 aliphatic heterocycles. The topological polar surface area (TPSA) is 57.6 Å². The van der Waals surface area contributed by atoms with Gasteiger partial charge in [-0.1, -0.05) is 24.3 Å². The molecule has 0 aromatic heterocycles. The molecular formula is C15H13NO3. The molecule has 96 valence electrons. The molecule has 2 aromatic carbocycles. The fourth-order valence-corrected chi connectivity index (χ4v) is 2.47. The first-order chi connectivity index (χ1) is 9.08. The fourth-order valence-electron chi connectivity index (χ4n) is 2.47. The third-order valence-electron chi connectivity index (χ3n) is 3.63. The van der Waals surface area contributed by atoms with E-state index < -0.39 is 12.0 Å². The predicted octanol–water partition coefficient (Wildman–Crippen LogP) is 2.27. The lowest BCUT2D eigenvalue weighted by Gasteiger charge is -2.19. The summed E-state index contributed by atoms with van der Waals surface area (Å²) in [6, 6.07) is 10.8. The van der Waals surface area contributed by atoms with Gasteiger partial charge in [0.25, 0.3) is 5.91 Å². The third-order valence-corrected chi connectivity index (χ3v) is 3.63. The van der Waals surface area contributed by atoms with Gasteiger partial charge in [-0.3, -0.25) is 4.79 Å². The molecule has 0 radical (unpaired) electrons. The Kier molecular flexibility index (Phi) is 2.52. The number of carboxylic acid groups (broad SMARTS) is 1. The number of benzene rings is 2. The van der Waals surface area contributed by atoms with Gasteiger partial charge in [0.1, 0.15) is 6.04 Å². The van der Waals surface area contributed by atoms with Crippen molar-refractivity contribution >= 4 is 22.6 Å². The number of aliphatic carboxylic acids is 1. The zero-order valence-corrected chi connectivity index (χ0v) is 10.5. The zero-order chi connectivity index (χ0) is 13.6. The molecule has 4 heteroatoms. The second kappa shape index (κ2) is 4.09. The summed E-state index contributed by atoms with van der Waals surface area (Å²) in [5, 5.41) is 11.1. The van der Waals surface area contributed by atoms with Crippen LogP contribution in [0.1, 0.15) is 22.8 Å². The predicted molar refractivity (Wildman–Crippen MR) is 70.9 cm³/mol. The van der Waals surface area contributed by atoms with Gasteiger partial charge in [0.05, 0.1) is 0 Å². The Morgan fingerprint density at radius 3 is 2.53 bits per heavy atom. The van der Waals surface area contributed by atoms with E-state index in [2.05, 4.69) is 0 Å². The quantitative estimate of drug-likeness (QED) is 0.895. The van der Waals surface area contributed by atoms with Gasteiger partial charge in [0, 0.05) is 12.1 Å². The summed E-state index contributed by atoms with van der Waals surface area (Å²) in [6.07, 6.45) is 0. The number of carboxylic acids is 1. The minimum atomic E-state index is -0.981. The van der Waals surface area contributed by atoms with Crippen LogP contribution in [0.15, 0.2) is 36.4 Å². The SMILES string of the molecule is CC(C(=O)O)N1Cc2cc3ccccc3cc2C1=O. The Morgan fingerprint density at radius 2 is 1.89 bits per heavy atom. The number of nitrogens with zero attached hydrogens (tertiary/aromatic N) is 1. The summed E-state index contributed by atoms with van der Waals surface area (Å²) in [5.74, 6) is -1.18. The number of rotatable bonds is 2. The molecule has 4 nitrogen and oxygen atoms in total. The molecule has 3 rings (SSSR count). The Hall–Kier alpha value is -2.36. The molecule has 1 aliphatic rings. The number of amides is 1. The monoisotopic (exact) mass is 255 g/mol. The first kappa shape index (κ1) is 11.7. The average molecular weight is 255 g/mol. The second-order valence-electron chi connectivity index (χ2n) is 4.80. The number of carbonyl (C=O) groups is 2. The van der Waals surface area contributed by atoms with Gasteiger partial charge in [0.15, 0.2) is 0 Å². The summed E-state index contributed by atoms with van der Waals surface area (Å²) < 4.78 is 0. The van der Waals surface area contributed by atoms with Crippen LogP contribution >= 0.6 is 0 Å². The number of hydrogen-bond acceptors (Lipinski definition) is 2. The van der Waals surface area contributed by atoms with Gasteiger partial charge in [0.2, 0.25) is 0 Å². The first-order valence-electron chi connectivity index (χ1n) is 6.13. The zero-order valence-electron chi connectivity index (χ0n) is 10.5. The summed E-state index contributed by atoms with van der Waals surface area (Å²) in [5.41, 5.74) is 1.52. The van der Waals surface area contributed by atoms with E-state index in [0.29, 0.717) is 12.1 Å². The fraction of sp³-hybridized carbons (Fsp3) is 0.200. The molecule has 1 heterocycles. The lowest BCUT2D eigenvalue weighted by Crippen LogP contribution is -2.38. The van der Waals surface area contributed by atoms with Crippen LogP contribution in [0.4, 0.5) is 0 Å². The van der Waals surface area contributed by atoms with Crippen molar-refractivity contribution in [2.24, 2.45) is 0 Å². The molecule has 0 aliphatic carbocycles. The Balaban J connectivity index is 2.08. The maximum atomic E-state index is 12.2. The molecule has 1 unspecified atom stereocenters. The summed E-state index contributed by atoms with van der Waals surface area (Å²) in [6.45, 7) is 1.90. The number of fused-ring (bicyclic) bond motifs is 2. The lowest BCUT2D eigenvalue weighted by molar-refractivity contribution is -0.141. The Morgan fingerprint density at radius 1 is 1.26 bits per heavy atom. The largest absolute Gasteiger partial charge is 0.480 e. The highest BCUT2D eigenvalue weighted by Crippen LogP contribution is 2.29. The van der Waals surface area contributed by atoms with Crippen molar-refractivity contribution in [3.8, 4) is 0 Å². The van der Waals surface area contributed by atoms with E-state index in [9.17, 15) is 9.59 Å². The summed E-state index contributed by atoms with van der Waals surface area (Å²) in [4.78, 5) is 24.7. The van der Waals surface area contributed by atoms with Crippen molar-refractivity contribution in [2.45, 2.75) is 19.5 Å². The summed E-state index contributed by atoms with van der Waals surface area (Å²) in [7, 11) is 0. The number of carbonyl (C=O) groups excluding carboxylic acids is 1. The minimum absolute atomic E-state index is 0.198. The van der Waals surface area contributed by atoms with Crippen LogP contribution in [0.3, 0.4) is 0 Å². The Bertz CT molecular complexity index is 693. The van der Waals surface area contributed by atoms with E-state index in [4.69, 9.17) is 5.11 Å². The van der Waals surface area contributed by atoms with E-state index in [1.807, 2.05) is 36.4 Å². The van der Waals surface area contributed by atoms with Gasteiger partial charge in [-0.05, 0) is 35.4 Å². The molecule has 0 bridgehead atoms. The van der Waals surface area contributed by atoms with Crippen LogP contribution in [0.5, 0.6) is 0 Å². The van der Waals surface area contributed by atoms with Crippen LogP contribution in [0, 0.1) is 0 Å². The van der Waals surface area contributed by atoms with Gasteiger partial charge in [-0.15, -0.1) is 0 Å². The highest BCUT2D eigenvalue weighted by atomic mass is 16.4. The molecule has 19 heavy (non-hydrogen) atoms. The molecule has 1 atom stereocenters. The van der Waals surface area contributed by atoms with E-state index in [-0.39, 0.29) is 5.91 Å². The van der Waals surface area contributed by atoms with Crippen LogP contribution in [-0.2, 0) is 11.3 Å². The maximum Gasteiger partial charge on any atom is 0.326 e. The van der Waals surface area contributed by atoms with Crippen LogP contribution in [0.2, 0.25) is 0 Å². The molecule has 2 aromatic rings. The molecule has 0 spiro atoms. The molecule has 0 fully saturated rings. The minimum Gasteiger partial charge on any atom is -0.480 e. The third kappa shape index (κ3) is 1.76. The van der Waals surface area contributed by atoms with Crippen molar-refractivity contribution in [2.75, 3.05) is 0 Å². The molecule has 0 saturated heterocycles. The van der Waals surface area contributed by atoms with Gasteiger partial charge >= 0.3 is 5.97 Å². The lowest BCUT2D eigenvalue weighted by atomic mass is 10.0. The highest BCUT2D eigenvalue weighted by Gasteiger charge is 2.33. The van der Waals surface area contributed by atoms with Crippen LogP contribution in [0.25, 0.3) is 10.8 Å². The van der Waals surface area contributed by atoms with Gasteiger partial charge in [-0.2, -0.15) is 0 Å². The second-order valence-corrected chi connectivity index (χ2v) is 4.80. The van der Waals surface area contributed by atoms with E-state index in [0.717, 1.165) is 16.3 Å². The van der Waals surface area contributed by atoms with Crippen LogP contribution in [-0.4, -0.2) is 27.9 Å². The van der Waals surface area contributed by atoms with E-state index in [1.165, 1.54) is 11.8 Å². The molecule has 1 N–H and O–H groups in total. The molecule has 1 amide bonds. The summed E-state index contributed by atoms with van der Waals surface area (Å²) >= 11 is 0. The van der Waals surface area contributed by atoms with Crippen molar-refractivity contribution in [1.29, 1.82) is 0 Å². The maximum absolute atomic E-state index is 12.2. The van der Waals surface area contributed by atoms with Gasteiger partial charge < -0.3 is 10.0 Å². The van der Waals surface area contributed by atoms with Gasteiger partial charge in [-0.25, -0.2) is 4.79 Å². The molecular weight excluding hydrogens is 242 g/mol. The van der Waals surface area contributed by atoms with E-state index in [1.54, 1.807) is 0 Å². The Labute approximate surface area is 110 Å². The van der Waals surface area contributed by atoms with Crippen molar-refractivity contribution in [3.63, 3.8) is 0 Å². The normalized spacial score (nSPS) is 15.6. The molecule has 0 saturated carbocycles. The smallest absolute Gasteiger partial charge is 0.326 e. The number of hydrogen-bond donors (Lipinski definition) is 1. The van der Waals surface area contributed by atoms with Crippen molar-refractivity contribution in [1.82, 2.24) is 4.90 Å². The highest BCUT2D eigenvalue weighted by molar-refractivity contribution is 6.03. The van der Waals surface area contributed by atoms with E-state index >= 15 is 0 Å².